The van der Waals surface area contributed by atoms with Gasteiger partial charge in [-0.3, -0.25) is 0 Å². The number of nitrogens with zero attached hydrogens (tertiary/aromatic N) is 4. The van der Waals surface area contributed by atoms with Gasteiger partial charge in [0.15, 0.2) is 11.3 Å². The molecule has 2 aromatic heterocycles. The highest BCUT2D eigenvalue weighted by atomic mass is 16.4. The van der Waals surface area contributed by atoms with E-state index in [1.54, 1.807) is 13.8 Å². The lowest BCUT2D eigenvalue weighted by Crippen LogP contribution is -2.05. The molecular weight excluding hydrogens is 279 g/mol. The Kier molecular flexibility index (Phi) is 4.31. The molecule has 2 rings (SSSR count). The first kappa shape index (κ1) is 15.8. The van der Waals surface area contributed by atoms with Crippen LogP contribution in [0.15, 0.2) is 4.42 Å². The molecule has 0 atom stereocenters. The molecule has 7 heteroatoms. The molecule has 2 radical (unpaired) electrons. The van der Waals surface area contributed by atoms with E-state index in [9.17, 15) is 5.26 Å². The van der Waals surface area contributed by atoms with Crippen molar-refractivity contribution in [2.45, 2.75) is 34.6 Å². The first-order chi connectivity index (χ1) is 10.4. The molecule has 0 aliphatic heterocycles. The van der Waals surface area contributed by atoms with Crippen molar-refractivity contribution in [3.8, 4) is 6.07 Å². The van der Waals surface area contributed by atoms with Gasteiger partial charge in [-0.15, -0.1) is 5.10 Å². The quantitative estimate of drug-likeness (QED) is 0.491. The summed E-state index contributed by atoms with van der Waals surface area (Å²) in [6.07, 6.45) is 0. The smallest absolute Gasteiger partial charge is 0.374 e. The predicted molar refractivity (Wildman–Crippen MR) is 81.5 cm³/mol. The average Bonchev–Trinajstić information content (AvgIpc) is 2.82. The van der Waals surface area contributed by atoms with Crippen LogP contribution in [0.5, 0.6) is 0 Å². The predicted octanol–water partition coefficient (Wildman–Crippen LogP) is 2.50. The monoisotopic (exact) mass is 294 g/mol. The van der Waals surface area contributed by atoms with Gasteiger partial charge in [0.25, 0.3) is 0 Å². The maximum Gasteiger partial charge on any atom is 0.374 e. The Hall–Kier alpha value is -2.62. The van der Waals surface area contributed by atoms with E-state index in [2.05, 4.69) is 15.2 Å². The molecule has 0 aliphatic rings. The van der Waals surface area contributed by atoms with E-state index in [-0.39, 0.29) is 17.2 Å². The minimum Gasteiger partial charge on any atom is -0.565 e. The van der Waals surface area contributed by atoms with Crippen LogP contribution in [0.4, 0.5) is 0 Å². The standard InChI is InChI=1S/C15H15BN4O2/c1-7-8(2)13(20-19-9(7)3)14(22-16)12(6-17)15-18-10(4)11(5)21-15/h1-5H3. The van der Waals surface area contributed by atoms with E-state index in [0.717, 1.165) is 16.8 Å². The molecule has 110 valence electrons. The highest BCUT2D eigenvalue weighted by Crippen LogP contribution is 2.28. The summed E-state index contributed by atoms with van der Waals surface area (Å²) >= 11 is 0. The Morgan fingerprint density at radius 2 is 1.77 bits per heavy atom. The molecule has 0 N–H and O–H groups in total. The van der Waals surface area contributed by atoms with Crippen molar-refractivity contribution >= 4 is 19.4 Å². The molecular formula is C15H15BN4O2. The topological polar surface area (TPSA) is 84.8 Å². The van der Waals surface area contributed by atoms with Gasteiger partial charge >= 0.3 is 8.05 Å². The highest BCUT2D eigenvalue weighted by molar-refractivity contribution is 6.05. The average molecular weight is 294 g/mol. The normalized spacial score (nSPS) is 11.8. The third-order valence-corrected chi connectivity index (χ3v) is 3.67. The van der Waals surface area contributed by atoms with Gasteiger partial charge in [0.05, 0.1) is 11.4 Å². The lowest BCUT2D eigenvalue weighted by atomic mass is 10.0. The Balaban J connectivity index is 2.72. The summed E-state index contributed by atoms with van der Waals surface area (Å²) in [5, 5.41) is 17.6. The summed E-state index contributed by atoms with van der Waals surface area (Å²) < 4.78 is 10.4. The molecule has 0 amide bonds. The number of aromatic nitrogens is 3. The van der Waals surface area contributed by atoms with E-state index in [0.29, 0.717) is 17.1 Å². The first-order valence-electron chi connectivity index (χ1n) is 6.67. The van der Waals surface area contributed by atoms with Gasteiger partial charge in [-0.1, -0.05) is 0 Å². The van der Waals surface area contributed by atoms with Gasteiger partial charge in [0, 0.05) is 0 Å². The zero-order valence-electron chi connectivity index (χ0n) is 13.2. The first-order valence-corrected chi connectivity index (χ1v) is 6.67. The second kappa shape index (κ2) is 6.02. The van der Waals surface area contributed by atoms with Crippen LogP contribution >= 0.6 is 0 Å². The van der Waals surface area contributed by atoms with Crippen molar-refractivity contribution in [1.82, 2.24) is 15.2 Å². The van der Waals surface area contributed by atoms with Crippen LogP contribution in [-0.2, 0) is 4.65 Å². The number of aryl methyl sites for hydroxylation is 3. The summed E-state index contributed by atoms with van der Waals surface area (Å²) in [5.74, 6) is 0.872. The van der Waals surface area contributed by atoms with Crippen LogP contribution in [0.25, 0.3) is 11.3 Å². The molecule has 22 heavy (non-hydrogen) atoms. The minimum absolute atomic E-state index is 0.0827. The van der Waals surface area contributed by atoms with Gasteiger partial charge < -0.3 is 9.07 Å². The van der Waals surface area contributed by atoms with Crippen molar-refractivity contribution in [1.29, 1.82) is 5.26 Å². The van der Waals surface area contributed by atoms with Crippen LogP contribution in [0.1, 0.15) is 39.9 Å². The zero-order valence-corrected chi connectivity index (χ0v) is 13.2. The Morgan fingerprint density at radius 1 is 1.09 bits per heavy atom. The van der Waals surface area contributed by atoms with Crippen LogP contribution in [0.3, 0.4) is 0 Å². The molecule has 0 saturated carbocycles. The summed E-state index contributed by atoms with van der Waals surface area (Å²) in [5.41, 5.74) is 3.77. The zero-order chi connectivity index (χ0) is 16.4. The largest absolute Gasteiger partial charge is 0.565 e. The maximum absolute atomic E-state index is 9.47. The fraction of sp³-hybridized carbons (Fsp3) is 0.333. The number of rotatable bonds is 3. The van der Waals surface area contributed by atoms with Crippen molar-refractivity contribution < 1.29 is 9.07 Å². The second-order valence-electron chi connectivity index (χ2n) is 4.98. The van der Waals surface area contributed by atoms with Crippen molar-refractivity contribution in [2.75, 3.05) is 0 Å². The summed E-state index contributed by atoms with van der Waals surface area (Å²) in [4.78, 5) is 4.21. The minimum atomic E-state index is 0.0827. The second-order valence-corrected chi connectivity index (χ2v) is 4.98. The van der Waals surface area contributed by atoms with Gasteiger partial charge in [-0.05, 0) is 45.7 Å². The lowest BCUT2D eigenvalue weighted by Gasteiger charge is -2.12. The van der Waals surface area contributed by atoms with Crippen molar-refractivity contribution in [3.05, 3.63) is 39.9 Å². The molecule has 0 aliphatic carbocycles. The van der Waals surface area contributed by atoms with E-state index >= 15 is 0 Å². The molecule has 0 unspecified atom stereocenters. The molecule has 0 fully saturated rings. The summed E-state index contributed by atoms with van der Waals surface area (Å²) in [7, 11) is 5.37. The van der Waals surface area contributed by atoms with Gasteiger partial charge in [-0.25, -0.2) is 4.98 Å². The molecule has 0 aromatic carbocycles. The number of oxazole rings is 1. The molecule has 0 spiro atoms. The molecule has 6 nitrogen and oxygen atoms in total. The lowest BCUT2D eigenvalue weighted by molar-refractivity contribution is 0.508. The van der Waals surface area contributed by atoms with Crippen LogP contribution in [0, 0.1) is 45.9 Å². The van der Waals surface area contributed by atoms with Crippen molar-refractivity contribution in [3.63, 3.8) is 0 Å². The van der Waals surface area contributed by atoms with Crippen LogP contribution < -0.4 is 0 Å². The third kappa shape index (κ3) is 2.60. The fourth-order valence-corrected chi connectivity index (χ4v) is 1.95. The van der Waals surface area contributed by atoms with Gasteiger partial charge in [0.1, 0.15) is 17.5 Å². The van der Waals surface area contributed by atoms with E-state index in [1.807, 2.05) is 26.8 Å². The van der Waals surface area contributed by atoms with Crippen LogP contribution in [0.2, 0.25) is 0 Å². The maximum atomic E-state index is 9.47. The summed E-state index contributed by atoms with van der Waals surface area (Å²) in [6, 6.07) is 2.02. The van der Waals surface area contributed by atoms with Gasteiger partial charge in [0.2, 0.25) is 5.89 Å². The Morgan fingerprint density at radius 3 is 2.27 bits per heavy atom. The van der Waals surface area contributed by atoms with E-state index in [1.165, 1.54) is 0 Å². The number of hydrogen-bond donors (Lipinski definition) is 0. The SMILES string of the molecule is [B]OC(=C(C#N)c1nc(C)c(C)o1)c1nnc(C)c(C)c1C. The van der Waals surface area contributed by atoms with E-state index in [4.69, 9.17) is 17.1 Å². The highest BCUT2D eigenvalue weighted by Gasteiger charge is 2.21. The van der Waals surface area contributed by atoms with E-state index < -0.39 is 0 Å². The van der Waals surface area contributed by atoms with Crippen LogP contribution in [-0.4, -0.2) is 23.2 Å². The number of hydrogen-bond acceptors (Lipinski definition) is 6. The Bertz CT molecular complexity index is 783. The molecule has 0 bridgehead atoms. The van der Waals surface area contributed by atoms with Gasteiger partial charge in [-0.2, -0.15) is 10.4 Å². The third-order valence-electron chi connectivity index (χ3n) is 3.67. The summed E-state index contributed by atoms with van der Waals surface area (Å²) in [6.45, 7) is 9.21. The molecule has 2 heterocycles. The fourth-order valence-electron chi connectivity index (χ4n) is 1.95. The Labute approximate surface area is 130 Å². The molecule has 2 aromatic rings. The number of nitriles is 1. The molecule has 0 saturated heterocycles. The number of allylic oxidation sites excluding steroid dienone is 1. The van der Waals surface area contributed by atoms with Crippen molar-refractivity contribution in [2.24, 2.45) is 0 Å².